The van der Waals surface area contributed by atoms with Crippen LogP contribution in [0.1, 0.15) is 11.1 Å². The Kier molecular flexibility index (Phi) is 2.97. The van der Waals surface area contributed by atoms with Crippen LogP contribution in [0.2, 0.25) is 0 Å². The fraction of sp³-hybridized carbons (Fsp3) is 0.0909. The molecule has 4 aromatic rings. The van der Waals surface area contributed by atoms with Crippen LogP contribution in [0.4, 0.5) is 0 Å². The Morgan fingerprint density at radius 2 is 1.00 bits per heavy atom. The molecule has 0 heteroatoms. The first-order valence-corrected chi connectivity index (χ1v) is 7.73. The van der Waals surface area contributed by atoms with E-state index in [0.717, 1.165) is 0 Å². The Morgan fingerprint density at radius 1 is 0.455 bits per heavy atom. The molecule has 0 aromatic heterocycles. The Hall–Kier alpha value is -2.60. The first kappa shape index (κ1) is 13.1. The average Bonchev–Trinajstić information content (AvgIpc) is 2.60. The largest absolute Gasteiger partial charge is 0.0622 e. The minimum Gasteiger partial charge on any atom is -0.0622 e. The van der Waals surface area contributed by atoms with Crippen molar-refractivity contribution in [3.05, 3.63) is 83.9 Å². The fourth-order valence-electron chi connectivity index (χ4n) is 3.42. The minimum absolute atomic E-state index is 1.27. The molecule has 0 N–H and O–H groups in total. The molecule has 0 spiro atoms. The summed E-state index contributed by atoms with van der Waals surface area (Å²) in [6.07, 6.45) is 0. The van der Waals surface area contributed by atoms with Crippen LogP contribution in [0.25, 0.3) is 32.7 Å². The number of fused-ring (bicyclic) bond motifs is 2. The third kappa shape index (κ3) is 1.92. The highest BCUT2D eigenvalue weighted by molar-refractivity contribution is 6.06. The van der Waals surface area contributed by atoms with Crippen LogP contribution in [0.15, 0.2) is 72.8 Å². The highest BCUT2D eigenvalue weighted by atomic mass is 14.1. The van der Waals surface area contributed by atoms with Crippen LogP contribution in [-0.4, -0.2) is 0 Å². The van der Waals surface area contributed by atoms with E-state index in [2.05, 4.69) is 86.6 Å². The van der Waals surface area contributed by atoms with Gasteiger partial charge in [0.2, 0.25) is 0 Å². The summed E-state index contributed by atoms with van der Waals surface area (Å²) in [6, 6.07) is 26.1. The quantitative estimate of drug-likeness (QED) is 0.360. The van der Waals surface area contributed by atoms with E-state index in [-0.39, 0.29) is 0 Å². The molecule has 0 amide bonds. The van der Waals surface area contributed by atoms with Crippen molar-refractivity contribution >= 4 is 21.5 Å². The van der Waals surface area contributed by atoms with Crippen LogP contribution in [0.5, 0.6) is 0 Å². The highest BCUT2D eigenvalue weighted by Crippen LogP contribution is 2.34. The summed E-state index contributed by atoms with van der Waals surface area (Å²) in [5, 5.41) is 5.44. The van der Waals surface area contributed by atoms with Crippen molar-refractivity contribution in [3.63, 3.8) is 0 Å². The van der Waals surface area contributed by atoms with Crippen molar-refractivity contribution in [3.8, 4) is 11.1 Å². The van der Waals surface area contributed by atoms with Crippen LogP contribution in [-0.2, 0) is 0 Å². The molecule has 0 saturated carbocycles. The van der Waals surface area contributed by atoms with Gasteiger partial charge in [-0.15, -0.1) is 0 Å². The summed E-state index contributed by atoms with van der Waals surface area (Å²) in [5.41, 5.74) is 5.30. The molecular formula is C22H18. The lowest BCUT2D eigenvalue weighted by atomic mass is 9.91. The second-order valence-corrected chi connectivity index (χ2v) is 5.92. The zero-order valence-electron chi connectivity index (χ0n) is 12.9. The number of hydrogen-bond acceptors (Lipinski definition) is 0. The molecule has 0 aliphatic carbocycles. The Morgan fingerprint density at radius 3 is 1.68 bits per heavy atom. The minimum atomic E-state index is 1.27. The molecule has 0 nitrogen and oxygen atoms in total. The van der Waals surface area contributed by atoms with Crippen LogP contribution < -0.4 is 0 Å². The van der Waals surface area contributed by atoms with Crippen LogP contribution in [0, 0.1) is 13.8 Å². The third-order valence-corrected chi connectivity index (χ3v) is 4.67. The van der Waals surface area contributed by atoms with Crippen molar-refractivity contribution in [1.29, 1.82) is 0 Å². The molecule has 0 saturated heterocycles. The van der Waals surface area contributed by atoms with E-state index in [9.17, 15) is 0 Å². The lowest BCUT2D eigenvalue weighted by molar-refractivity contribution is 1.52. The molecule has 0 aliphatic rings. The normalized spacial score (nSPS) is 11.2. The topological polar surface area (TPSA) is 0 Å². The summed E-state index contributed by atoms with van der Waals surface area (Å²) >= 11 is 0. The summed E-state index contributed by atoms with van der Waals surface area (Å²) < 4.78 is 0. The van der Waals surface area contributed by atoms with Crippen molar-refractivity contribution in [1.82, 2.24) is 0 Å². The second-order valence-electron chi connectivity index (χ2n) is 5.92. The Bertz CT molecular complexity index is 979. The maximum Gasteiger partial charge on any atom is -0.0139 e. The van der Waals surface area contributed by atoms with Gasteiger partial charge in [0, 0.05) is 0 Å². The Balaban J connectivity index is 2.08. The van der Waals surface area contributed by atoms with Crippen molar-refractivity contribution in [2.45, 2.75) is 13.8 Å². The number of benzene rings is 4. The van der Waals surface area contributed by atoms with E-state index < -0.39 is 0 Å². The molecule has 0 unspecified atom stereocenters. The van der Waals surface area contributed by atoms with Gasteiger partial charge in [-0.2, -0.15) is 0 Å². The van der Waals surface area contributed by atoms with Crippen LogP contribution >= 0.6 is 0 Å². The molecule has 106 valence electrons. The smallest absolute Gasteiger partial charge is 0.0139 e. The van der Waals surface area contributed by atoms with E-state index in [1.807, 2.05) is 0 Å². The molecular weight excluding hydrogens is 264 g/mol. The van der Waals surface area contributed by atoms with E-state index >= 15 is 0 Å². The first-order chi connectivity index (χ1) is 10.8. The summed E-state index contributed by atoms with van der Waals surface area (Å²) in [4.78, 5) is 0. The molecule has 0 fully saturated rings. The van der Waals surface area contributed by atoms with Gasteiger partial charge in [0.1, 0.15) is 0 Å². The number of rotatable bonds is 1. The predicted octanol–water partition coefficient (Wildman–Crippen LogP) is 6.28. The molecule has 0 bridgehead atoms. The van der Waals surface area contributed by atoms with E-state index in [1.165, 1.54) is 43.8 Å². The molecule has 0 radical (unpaired) electrons. The van der Waals surface area contributed by atoms with Gasteiger partial charge in [0.15, 0.2) is 0 Å². The zero-order chi connectivity index (χ0) is 15.1. The van der Waals surface area contributed by atoms with E-state index in [1.54, 1.807) is 0 Å². The monoisotopic (exact) mass is 282 g/mol. The zero-order valence-corrected chi connectivity index (χ0v) is 12.9. The van der Waals surface area contributed by atoms with Gasteiger partial charge in [0.25, 0.3) is 0 Å². The van der Waals surface area contributed by atoms with Gasteiger partial charge in [-0.05, 0) is 63.7 Å². The predicted molar refractivity (Wildman–Crippen MR) is 96.4 cm³/mol. The molecule has 4 rings (SSSR count). The van der Waals surface area contributed by atoms with Crippen molar-refractivity contribution in [2.24, 2.45) is 0 Å². The van der Waals surface area contributed by atoms with E-state index in [0.29, 0.717) is 0 Å². The lowest BCUT2D eigenvalue weighted by Gasteiger charge is -2.13. The lowest BCUT2D eigenvalue weighted by Crippen LogP contribution is -1.89. The van der Waals surface area contributed by atoms with Gasteiger partial charge in [-0.1, -0.05) is 66.7 Å². The summed E-state index contributed by atoms with van der Waals surface area (Å²) in [5.74, 6) is 0. The van der Waals surface area contributed by atoms with Crippen LogP contribution in [0.3, 0.4) is 0 Å². The number of hydrogen-bond donors (Lipinski definition) is 0. The second kappa shape index (κ2) is 4.99. The molecule has 0 atom stereocenters. The molecule has 0 heterocycles. The number of aryl methyl sites for hydroxylation is 2. The molecule has 22 heavy (non-hydrogen) atoms. The molecule has 0 aliphatic heterocycles. The standard InChI is InChI=1S/C22H18/c1-15-19-10-6-7-11-20(19)16(2)22-14-18(12-13-21(15)22)17-8-4-3-5-9-17/h3-14H,1-2H3. The first-order valence-electron chi connectivity index (χ1n) is 7.73. The molecule has 4 aromatic carbocycles. The third-order valence-electron chi connectivity index (χ3n) is 4.67. The maximum absolute atomic E-state index is 2.33. The fourth-order valence-corrected chi connectivity index (χ4v) is 3.42. The Labute approximate surface area is 131 Å². The van der Waals surface area contributed by atoms with E-state index in [4.69, 9.17) is 0 Å². The van der Waals surface area contributed by atoms with Gasteiger partial charge in [-0.25, -0.2) is 0 Å². The van der Waals surface area contributed by atoms with Gasteiger partial charge in [-0.3, -0.25) is 0 Å². The maximum atomic E-state index is 2.33. The van der Waals surface area contributed by atoms with Gasteiger partial charge < -0.3 is 0 Å². The average molecular weight is 282 g/mol. The van der Waals surface area contributed by atoms with Crippen molar-refractivity contribution < 1.29 is 0 Å². The van der Waals surface area contributed by atoms with Gasteiger partial charge in [0.05, 0.1) is 0 Å². The summed E-state index contributed by atoms with van der Waals surface area (Å²) in [7, 11) is 0. The van der Waals surface area contributed by atoms with Gasteiger partial charge >= 0.3 is 0 Å². The van der Waals surface area contributed by atoms with Crippen molar-refractivity contribution in [2.75, 3.05) is 0 Å². The highest BCUT2D eigenvalue weighted by Gasteiger charge is 2.09. The summed E-state index contributed by atoms with van der Waals surface area (Å²) in [6.45, 7) is 4.46. The SMILES string of the molecule is Cc1c2ccccc2c(C)c2cc(-c3ccccc3)ccc12.